The number of carbonyl (C=O) groups is 1. The number of carbonyl (C=O) groups excluding carboxylic acids is 1. The normalized spacial score (nSPS) is 18.6. The fourth-order valence-corrected chi connectivity index (χ4v) is 6.54. The lowest BCUT2D eigenvalue weighted by atomic mass is 10.2. The highest BCUT2D eigenvalue weighted by molar-refractivity contribution is 7.91. The molecular formula is C18H18N2O4S3. The summed E-state index contributed by atoms with van der Waals surface area (Å²) >= 11 is 3.12. The number of sulfone groups is 1. The van der Waals surface area contributed by atoms with Gasteiger partial charge in [-0.25, -0.2) is 13.4 Å². The molecule has 1 unspecified atom stereocenters. The minimum Gasteiger partial charge on any atom is -0.467 e. The van der Waals surface area contributed by atoms with Crippen LogP contribution in [0.1, 0.15) is 17.9 Å². The number of furan rings is 1. The zero-order chi connectivity index (χ0) is 18.9. The van der Waals surface area contributed by atoms with Crippen LogP contribution in [0.15, 0.2) is 45.7 Å². The Morgan fingerprint density at radius 3 is 2.85 bits per heavy atom. The van der Waals surface area contributed by atoms with E-state index in [1.54, 1.807) is 34.6 Å². The molecule has 3 aromatic heterocycles. The number of amides is 1. The molecule has 0 aliphatic carbocycles. The van der Waals surface area contributed by atoms with Crippen molar-refractivity contribution in [3.8, 4) is 9.88 Å². The molecule has 1 saturated heterocycles. The molecule has 4 rings (SSSR count). The van der Waals surface area contributed by atoms with Gasteiger partial charge in [0.15, 0.2) is 9.84 Å². The number of thiophene rings is 1. The van der Waals surface area contributed by atoms with E-state index in [9.17, 15) is 13.2 Å². The molecule has 0 N–H and O–H groups in total. The molecule has 4 heterocycles. The van der Waals surface area contributed by atoms with Gasteiger partial charge in [0.25, 0.3) is 0 Å². The van der Waals surface area contributed by atoms with Crippen molar-refractivity contribution in [1.82, 2.24) is 9.88 Å². The lowest BCUT2D eigenvalue weighted by Crippen LogP contribution is -2.41. The molecule has 0 radical (unpaired) electrons. The second kappa shape index (κ2) is 7.57. The van der Waals surface area contributed by atoms with Crippen LogP contribution in [0.4, 0.5) is 0 Å². The summed E-state index contributed by atoms with van der Waals surface area (Å²) in [5, 5.41) is 4.78. The second-order valence-electron chi connectivity index (χ2n) is 6.46. The van der Waals surface area contributed by atoms with Crippen LogP contribution in [0, 0.1) is 0 Å². The van der Waals surface area contributed by atoms with Crippen LogP contribution in [-0.4, -0.2) is 41.8 Å². The SMILES string of the molecule is O=C(Cc1csc(-c2cccs2)n1)N(Cc1ccco1)C1CCS(=O)(=O)C1. The van der Waals surface area contributed by atoms with Crippen LogP contribution in [0.2, 0.25) is 0 Å². The van der Waals surface area contributed by atoms with Gasteiger partial charge in [0.05, 0.1) is 41.3 Å². The summed E-state index contributed by atoms with van der Waals surface area (Å²) in [4.78, 5) is 20.3. The van der Waals surface area contributed by atoms with E-state index in [0.717, 1.165) is 9.88 Å². The van der Waals surface area contributed by atoms with E-state index in [1.807, 2.05) is 22.9 Å². The summed E-state index contributed by atoms with van der Waals surface area (Å²) in [6.07, 6.45) is 2.17. The predicted octanol–water partition coefficient (Wildman–Crippen LogP) is 3.22. The summed E-state index contributed by atoms with van der Waals surface area (Å²) in [5.74, 6) is 0.650. The van der Waals surface area contributed by atoms with Gasteiger partial charge >= 0.3 is 0 Å². The Kier molecular flexibility index (Phi) is 5.16. The predicted molar refractivity (Wildman–Crippen MR) is 105 cm³/mol. The van der Waals surface area contributed by atoms with Gasteiger partial charge in [-0.3, -0.25) is 4.79 Å². The van der Waals surface area contributed by atoms with E-state index in [4.69, 9.17) is 4.42 Å². The lowest BCUT2D eigenvalue weighted by molar-refractivity contribution is -0.133. The topological polar surface area (TPSA) is 80.5 Å². The number of hydrogen-bond donors (Lipinski definition) is 0. The van der Waals surface area contributed by atoms with Gasteiger partial charge in [-0.2, -0.15) is 0 Å². The van der Waals surface area contributed by atoms with Crippen molar-refractivity contribution in [2.24, 2.45) is 0 Å². The van der Waals surface area contributed by atoms with E-state index in [1.165, 1.54) is 11.3 Å². The summed E-state index contributed by atoms with van der Waals surface area (Å²) in [7, 11) is -3.09. The monoisotopic (exact) mass is 422 g/mol. The Morgan fingerprint density at radius 1 is 1.30 bits per heavy atom. The Hall–Kier alpha value is -1.97. The Bertz CT molecular complexity index is 1010. The molecule has 0 saturated carbocycles. The fraction of sp³-hybridized carbons (Fsp3) is 0.333. The van der Waals surface area contributed by atoms with Gasteiger partial charge in [-0.15, -0.1) is 22.7 Å². The largest absolute Gasteiger partial charge is 0.467 e. The fourth-order valence-electron chi connectivity index (χ4n) is 3.17. The van der Waals surface area contributed by atoms with Crippen LogP contribution in [0.3, 0.4) is 0 Å². The van der Waals surface area contributed by atoms with E-state index in [-0.39, 0.29) is 36.4 Å². The molecule has 1 aliphatic rings. The molecule has 1 fully saturated rings. The quantitative estimate of drug-likeness (QED) is 0.609. The molecular weight excluding hydrogens is 404 g/mol. The van der Waals surface area contributed by atoms with Crippen molar-refractivity contribution < 1.29 is 17.6 Å². The third-order valence-corrected chi connectivity index (χ3v) is 8.17. The Morgan fingerprint density at radius 2 is 2.19 bits per heavy atom. The zero-order valence-corrected chi connectivity index (χ0v) is 16.9. The minimum absolute atomic E-state index is 0.0109. The van der Waals surface area contributed by atoms with Crippen molar-refractivity contribution in [3.63, 3.8) is 0 Å². The highest BCUT2D eigenvalue weighted by atomic mass is 32.2. The van der Waals surface area contributed by atoms with Crippen LogP contribution in [0.25, 0.3) is 9.88 Å². The molecule has 9 heteroatoms. The standard InChI is InChI=1S/C18H18N2O4S3/c21-17(9-13-11-26-18(19-13)16-4-2-7-25-16)20(10-15-3-1-6-24-15)14-5-8-27(22,23)12-14/h1-4,6-7,11,14H,5,8-10,12H2. The molecule has 0 spiro atoms. The highest BCUT2D eigenvalue weighted by Gasteiger charge is 2.35. The first-order valence-corrected chi connectivity index (χ1v) is 12.1. The maximum atomic E-state index is 13.0. The first-order chi connectivity index (χ1) is 13.0. The number of hydrogen-bond acceptors (Lipinski definition) is 7. The van der Waals surface area contributed by atoms with Crippen molar-refractivity contribution in [3.05, 3.63) is 52.7 Å². The maximum Gasteiger partial charge on any atom is 0.229 e. The highest BCUT2D eigenvalue weighted by Crippen LogP contribution is 2.28. The van der Waals surface area contributed by atoms with Crippen LogP contribution in [0.5, 0.6) is 0 Å². The molecule has 0 bridgehead atoms. The summed E-state index contributed by atoms with van der Waals surface area (Å²) in [6.45, 7) is 0.272. The van der Waals surface area contributed by atoms with E-state index >= 15 is 0 Å². The van der Waals surface area contributed by atoms with Crippen molar-refractivity contribution in [2.75, 3.05) is 11.5 Å². The Balaban J connectivity index is 1.51. The lowest BCUT2D eigenvalue weighted by Gasteiger charge is -2.27. The van der Waals surface area contributed by atoms with E-state index in [2.05, 4.69) is 4.98 Å². The first-order valence-electron chi connectivity index (χ1n) is 8.51. The van der Waals surface area contributed by atoms with Crippen molar-refractivity contribution in [2.45, 2.75) is 25.4 Å². The first kappa shape index (κ1) is 18.4. The maximum absolute atomic E-state index is 13.0. The van der Waals surface area contributed by atoms with Crippen molar-refractivity contribution >= 4 is 38.4 Å². The van der Waals surface area contributed by atoms with Gasteiger partial charge in [-0.05, 0) is 30.0 Å². The third kappa shape index (κ3) is 4.31. The Labute approximate surface area is 165 Å². The molecule has 0 aromatic carbocycles. The zero-order valence-electron chi connectivity index (χ0n) is 14.4. The van der Waals surface area contributed by atoms with Gasteiger partial charge in [-0.1, -0.05) is 6.07 Å². The van der Waals surface area contributed by atoms with Gasteiger partial charge < -0.3 is 9.32 Å². The minimum atomic E-state index is -3.09. The molecule has 27 heavy (non-hydrogen) atoms. The average molecular weight is 423 g/mol. The number of nitrogens with zero attached hydrogens (tertiary/aromatic N) is 2. The summed E-state index contributed by atoms with van der Waals surface area (Å²) < 4.78 is 29.2. The third-order valence-electron chi connectivity index (χ3n) is 4.49. The van der Waals surface area contributed by atoms with Crippen LogP contribution in [-0.2, 0) is 27.6 Å². The summed E-state index contributed by atoms with van der Waals surface area (Å²) in [5.41, 5.74) is 0.707. The number of rotatable bonds is 6. The molecule has 1 aliphatic heterocycles. The molecule has 142 valence electrons. The second-order valence-corrected chi connectivity index (χ2v) is 10.5. The van der Waals surface area contributed by atoms with Gasteiger partial charge in [0, 0.05) is 11.4 Å². The number of aromatic nitrogens is 1. The molecule has 6 nitrogen and oxygen atoms in total. The molecule has 3 aromatic rings. The van der Waals surface area contributed by atoms with Gasteiger partial charge in [0.1, 0.15) is 10.8 Å². The van der Waals surface area contributed by atoms with Crippen LogP contribution < -0.4 is 0 Å². The molecule has 1 atom stereocenters. The van der Waals surface area contributed by atoms with E-state index in [0.29, 0.717) is 17.9 Å². The molecule has 1 amide bonds. The van der Waals surface area contributed by atoms with Crippen molar-refractivity contribution in [1.29, 1.82) is 0 Å². The average Bonchev–Trinajstić information content (AvgIpc) is 3.40. The van der Waals surface area contributed by atoms with Crippen LogP contribution >= 0.6 is 22.7 Å². The number of thiazole rings is 1. The van der Waals surface area contributed by atoms with Gasteiger partial charge in [0.2, 0.25) is 5.91 Å². The summed E-state index contributed by atoms with van der Waals surface area (Å²) in [6, 6.07) is 7.21. The van der Waals surface area contributed by atoms with E-state index < -0.39 is 9.84 Å². The smallest absolute Gasteiger partial charge is 0.229 e.